The molecule has 0 aliphatic heterocycles. The molecule has 0 saturated carbocycles. The van der Waals surface area contributed by atoms with Crippen molar-refractivity contribution in [3.63, 3.8) is 0 Å². The lowest BCUT2D eigenvalue weighted by atomic mass is 9.68. The van der Waals surface area contributed by atoms with Gasteiger partial charge in [-0.05, 0) is 124 Å². The van der Waals surface area contributed by atoms with Gasteiger partial charge in [0.15, 0.2) is 0 Å². The topological polar surface area (TPSA) is 14.8 Å². The maximum Gasteiger partial charge on any atom is 0.0724 e. The van der Waals surface area contributed by atoms with Crippen molar-refractivity contribution in [1.29, 1.82) is 0 Å². The molecule has 0 fully saturated rings. The van der Waals surface area contributed by atoms with E-state index in [1.54, 1.807) is 0 Å². The predicted octanol–water partition coefficient (Wildman–Crippen LogP) is 15.4. The van der Waals surface area contributed by atoms with Crippen LogP contribution in [-0.2, 0) is 5.41 Å². The van der Waals surface area contributed by atoms with Crippen LogP contribution in [0.1, 0.15) is 35.1 Å². The molecule has 3 heteroatoms. The first-order chi connectivity index (χ1) is 31.8. The second-order valence-corrected chi connectivity index (χ2v) is 17.9. The molecule has 3 aliphatic rings. The molecule has 15 rings (SSSR count). The van der Waals surface area contributed by atoms with Crippen LogP contribution in [-0.4, -0.2) is 13.7 Å². The third-order valence-corrected chi connectivity index (χ3v) is 15.0. The minimum absolute atomic E-state index is 0.565. The van der Waals surface area contributed by atoms with Gasteiger partial charge >= 0.3 is 0 Å². The number of hydrogen-bond donors (Lipinski definition) is 0. The molecule has 0 bridgehead atoms. The third-order valence-electron chi connectivity index (χ3n) is 15.0. The van der Waals surface area contributed by atoms with E-state index >= 15 is 0 Å². The number of benzene rings is 9. The summed E-state index contributed by atoms with van der Waals surface area (Å²) in [6.07, 6.45) is 4.51. The number of rotatable bonds is 3. The minimum atomic E-state index is -0.565. The van der Waals surface area contributed by atoms with E-state index in [2.05, 4.69) is 226 Å². The van der Waals surface area contributed by atoms with Gasteiger partial charge in [-0.2, -0.15) is 0 Å². The molecule has 1 unspecified atom stereocenters. The lowest BCUT2D eigenvalue weighted by Crippen LogP contribution is -2.28. The summed E-state index contributed by atoms with van der Waals surface area (Å²) in [5.74, 6) is 0. The van der Waals surface area contributed by atoms with Gasteiger partial charge in [-0.3, -0.25) is 0 Å². The van der Waals surface area contributed by atoms with E-state index in [4.69, 9.17) is 0 Å². The third kappa shape index (κ3) is 4.26. The van der Waals surface area contributed by atoms with E-state index in [0.29, 0.717) is 0 Å². The zero-order valence-electron chi connectivity index (χ0n) is 35.0. The Morgan fingerprint density at radius 3 is 1.17 bits per heavy atom. The van der Waals surface area contributed by atoms with Crippen LogP contribution in [0.4, 0.5) is 0 Å². The van der Waals surface area contributed by atoms with Crippen molar-refractivity contribution in [2.75, 3.05) is 0 Å². The average molecular weight is 814 g/mol. The fraction of sp³-hybridized carbons (Fsp3) is 0.0492. The fourth-order valence-corrected chi connectivity index (χ4v) is 12.5. The van der Waals surface area contributed by atoms with Crippen LogP contribution in [0, 0.1) is 0 Å². The van der Waals surface area contributed by atoms with Gasteiger partial charge < -0.3 is 13.7 Å². The van der Waals surface area contributed by atoms with E-state index in [1.807, 2.05) is 0 Å². The molecule has 3 aliphatic carbocycles. The molecule has 3 heterocycles. The molecule has 1 spiro atoms. The van der Waals surface area contributed by atoms with Gasteiger partial charge in [-0.1, -0.05) is 146 Å². The van der Waals surface area contributed by atoms with Crippen molar-refractivity contribution in [3.05, 3.63) is 240 Å². The Hall–Kier alpha value is -8.14. The van der Waals surface area contributed by atoms with Crippen molar-refractivity contribution in [1.82, 2.24) is 13.7 Å². The van der Waals surface area contributed by atoms with E-state index < -0.39 is 5.41 Å². The standard InChI is InChI=1S/C61H39N3/c1-8-22-51-41(15-1)42-32-29-38(62-55-23-9-2-16-45(55)46-17-3-10-24-56(46)62)35-52(42)61(51)53-36-39(63-57-25-11-4-18-47(57)48-19-5-12-26-58(48)63)30-33-43(53)44-34-31-40(37-54(44)61)64-59-27-13-6-20-49(59)50-21-7-14-28-60(50)64/h1-30,32-33,35-37H,31,34H2. The molecular formula is C61H39N3. The van der Waals surface area contributed by atoms with Crippen molar-refractivity contribution in [2.24, 2.45) is 0 Å². The Morgan fingerprint density at radius 2 is 0.688 bits per heavy atom. The zero-order chi connectivity index (χ0) is 41.7. The summed E-state index contributed by atoms with van der Waals surface area (Å²) in [4.78, 5) is 0. The Balaban J connectivity index is 1.06. The molecule has 64 heavy (non-hydrogen) atoms. The molecule has 9 aromatic carbocycles. The van der Waals surface area contributed by atoms with Crippen molar-refractivity contribution in [3.8, 4) is 22.5 Å². The summed E-state index contributed by atoms with van der Waals surface area (Å²) < 4.78 is 7.54. The SMILES string of the molecule is C1=C(n2c3ccccc3c3ccccc32)CCC2=C1C1(c3cc(-n4c5ccccc5c5ccccc54)ccc32)c2ccccc2-c2ccc(-n3c4ccccc4c4ccccc43)cc21. The minimum Gasteiger partial charge on any atom is -0.313 e. The fourth-order valence-electron chi connectivity index (χ4n) is 12.5. The highest BCUT2D eigenvalue weighted by molar-refractivity contribution is 6.12. The predicted molar refractivity (Wildman–Crippen MR) is 267 cm³/mol. The van der Waals surface area contributed by atoms with Crippen LogP contribution in [0.2, 0.25) is 0 Å². The first kappa shape index (κ1) is 34.4. The van der Waals surface area contributed by atoms with Crippen molar-refractivity contribution in [2.45, 2.75) is 18.3 Å². The Labute approximate surface area is 369 Å². The van der Waals surface area contributed by atoms with Gasteiger partial charge in [0.25, 0.3) is 0 Å². The second kappa shape index (κ2) is 12.5. The highest BCUT2D eigenvalue weighted by Crippen LogP contribution is 2.64. The maximum atomic E-state index is 2.61. The number of nitrogens with zero attached hydrogens (tertiary/aromatic N) is 3. The van der Waals surface area contributed by atoms with Gasteiger partial charge in [0, 0.05) is 49.4 Å². The van der Waals surface area contributed by atoms with E-state index in [-0.39, 0.29) is 0 Å². The molecule has 0 N–H and O–H groups in total. The Morgan fingerprint density at radius 1 is 0.312 bits per heavy atom. The highest BCUT2D eigenvalue weighted by atomic mass is 15.0. The van der Waals surface area contributed by atoms with Gasteiger partial charge in [0.05, 0.1) is 38.5 Å². The highest BCUT2D eigenvalue weighted by Gasteiger charge is 2.53. The van der Waals surface area contributed by atoms with Crippen LogP contribution in [0.5, 0.6) is 0 Å². The van der Waals surface area contributed by atoms with Gasteiger partial charge in [0.1, 0.15) is 0 Å². The lowest BCUT2D eigenvalue weighted by Gasteiger charge is -2.33. The van der Waals surface area contributed by atoms with Gasteiger partial charge in [-0.15, -0.1) is 0 Å². The summed E-state index contributed by atoms with van der Waals surface area (Å²) >= 11 is 0. The first-order valence-corrected chi connectivity index (χ1v) is 22.6. The normalized spacial score (nSPS) is 16.4. The number of para-hydroxylation sites is 6. The summed E-state index contributed by atoms with van der Waals surface area (Å²) in [7, 11) is 0. The summed E-state index contributed by atoms with van der Waals surface area (Å²) in [5.41, 5.74) is 21.5. The number of fused-ring (bicyclic) bond motifs is 18. The summed E-state index contributed by atoms with van der Waals surface area (Å²) in [6, 6.07) is 77.4. The number of hydrogen-bond acceptors (Lipinski definition) is 0. The van der Waals surface area contributed by atoms with Crippen LogP contribution >= 0.6 is 0 Å². The Bertz CT molecular complexity index is 3930. The molecular weight excluding hydrogens is 775 g/mol. The number of aromatic nitrogens is 3. The van der Waals surface area contributed by atoms with Gasteiger partial charge in [0.2, 0.25) is 0 Å². The molecule has 0 amide bonds. The smallest absolute Gasteiger partial charge is 0.0724 e. The van der Waals surface area contributed by atoms with Gasteiger partial charge in [-0.25, -0.2) is 0 Å². The summed E-state index contributed by atoms with van der Waals surface area (Å²) in [5, 5.41) is 7.69. The van der Waals surface area contributed by atoms with Crippen LogP contribution in [0.3, 0.4) is 0 Å². The lowest BCUT2D eigenvalue weighted by molar-refractivity contribution is 0.777. The molecule has 12 aromatic rings. The number of allylic oxidation sites excluding steroid dienone is 4. The van der Waals surface area contributed by atoms with Crippen LogP contribution < -0.4 is 0 Å². The largest absolute Gasteiger partial charge is 0.313 e. The monoisotopic (exact) mass is 813 g/mol. The maximum absolute atomic E-state index is 2.61. The molecule has 0 radical (unpaired) electrons. The quantitative estimate of drug-likeness (QED) is 0.169. The van der Waals surface area contributed by atoms with E-state index in [1.165, 1.54) is 127 Å². The summed E-state index contributed by atoms with van der Waals surface area (Å²) in [6.45, 7) is 0. The molecule has 298 valence electrons. The zero-order valence-corrected chi connectivity index (χ0v) is 35.0. The van der Waals surface area contributed by atoms with Crippen molar-refractivity contribution < 1.29 is 0 Å². The van der Waals surface area contributed by atoms with Crippen molar-refractivity contribution >= 4 is 76.7 Å². The van der Waals surface area contributed by atoms with Crippen LogP contribution in [0.25, 0.3) is 99.2 Å². The molecule has 0 saturated heterocycles. The van der Waals surface area contributed by atoms with Crippen LogP contribution in [0.15, 0.2) is 218 Å². The molecule has 1 atom stereocenters. The van der Waals surface area contributed by atoms with E-state index in [9.17, 15) is 0 Å². The molecule has 3 aromatic heterocycles. The average Bonchev–Trinajstić information content (AvgIpc) is 4.13. The first-order valence-electron chi connectivity index (χ1n) is 22.6. The van der Waals surface area contributed by atoms with E-state index in [0.717, 1.165) is 12.8 Å². The Kier molecular flexibility index (Phi) is 6.72. The molecule has 3 nitrogen and oxygen atoms in total. The second-order valence-electron chi connectivity index (χ2n) is 17.9.